The summed E-state index contributed by atoms with van der Waals surface area (Å²) in [6, 6.07) is 7.88. The summed E-state index contributed by atoms with van der Waals surface area (Å²) in [6.45, 7) is 5.84. The fourth-order valence-corrected chi connectivity index (χ4v) is 2.81. The summed E-state index contributed by atoms with van der Waals surface area (Å²) in [5, 5.41) is 9.60. The molecule has 1 aromatic rings. The van der Waals surface area contributed by atoms with Gasteiger partial charge in [-0.2, -0.15) is 0 Å². The van der Waals surface area contributed by atoms with Crippen LogP contribution in [0.1, 0.15) is 32.3 Å². The number of carbonyl (C=O) groups excluding carboxylic acids is 1. The molecule has 2 atom stereocenters. The second-order valence-electron chi connectivity index (χ2n) is 5.67. The molecule has 0 saturated carbocycles. The Morgan fingerprint density at radius 2 is 2.24 bits per heavy atom. The molecule has 116 valence electrons. The third kappa shape index (κ3) is 4.21. The monoisotopic (exact) mass is 291 g/mol. The molecule has 21 heavy (non-hydrogen) atoms. The van der Waals surface area contributed by atoms with Crippen LogP contribution in [0.25, 0.3) is 0 Å². The van der Waals surface area contributed by atoms with Crippen molar-refractivity contribution < 1.29 is 14.6 Å². The molecule has 0 aliphatic carbocycles. The lowest BCUT2D eigenvalue weighted by molar-refractivity contribution is -0.130. The van der Waals surface area contributed by atoms with E-state index in [0.717, 1.165) is 24.3 Å². The van der Waals surface area contributed by atoms with Gasteiger partial charge in [-0.05, 0) is 38.3 Å². The molecule has 4 nitrogen and oxygen atoms in total. The molecule has 1 aliphatic heterocycles. The third-order valence-electron chi connectivity index (χ3n) is 4.14. The van der Waals surface area contributed by atoms with E-state index >= 15 is 0 Å². The Morgan fingerprint density at radius 1 is 1.48 bits per heavy atom. The predicted octanol–water partition coefficient (Wildman–Crippen LogP) is 2.25. The number of aryl methyl sites for hydroxylation is 1. The first-order valence-corrected chi connectivity index (χ1v) is 7.78. The van der Waals surface area contributed by atoms with Gasteiger partial charge in [-0.1, -0.05) is 18.2 Å². The predicted molar refractivity (Wildman–Crippen MR) is 82.3 cm³/mol. The minimum absolute atomic E-state index is 0.171. The maximum absolute atomic E-state index is 12.3. The van der Waals surface area contributed by atoms with Gasteiger partial charge in [-0.25, -0.2) is 0 Å². The number of hydrogen-bond donors (Lipinski definition) is 1. The minimum atomic E-state index is -0.332. The first-order chi connectivity index (χ1) is 10.1. The van der Waals surface area contributed by atoms with Crippen molar-refractivity contribution in [3.8, 4) is 5.75 Å². The van der Waals surface area contributed by atoms with Gasteiger partial charge in [-0.3, -0.25) is 4.79 Å². The summed E-state index contributed by atoms with van der Waals surface area (Å²) in [6.07, 6.45) is 1.77. The number of ether oxygens (including phenoxy) is 1. The topological polar surface area (TPSA) is 49.8 Å². The Balaban J connectivity index is 1.87. The van der Waals surface area contributed by atoms with Crippen LogP contribution in [0.2, 0.25) is 0 Å². The van der Waals surface area contributed by atoms with Gasteiger partial charge < -0.3 is 14.7 Å². The lowest BCUT2D eigenvalue weighted by Crippen LogP contribution is -2.30. The molecule has 4 heteroatoms. The van der Waals surface area contributed by atoms with E-state index in [1.54, 1.807) is 6.92 Å². The van der Waals surface area contributed by atoms with E-state index in [4.69, 9.17) is 4.74 Å². The minimum Gasteiger partial charge on any atom is -0.494 e. The molecule has 1 aliphatic rings. The van der Waals surface area contributed by atoms with Crippen molar-refractivity contribution in [3.63, 3.8) is 0 Å². The number of benzene rings is 1. The average Bonchev–Trinajstić information content (AvgIpc) is 2.96. The number of hydrogen-bond acceptors (Lipinski definition) is 3. The van der Waals surface area contributed by atoms with Gasteiger partial charge in [0.15, 0.2) is 0 Å². The van der Waals surface area contributed by atoms with Crippen LogP contribution < -0.4 is 4.74 Å². The summed E-state index contributed by atoms with van der Waals surface area (Å²) in [7, 11) is 0. The fraction of sp³-hybridized carbons (Fsp3) is 0.588. The van der Waals surface area contributed by atoms with Crippen molar-refractivity contribution in [1.29, 1.82) is 0 Å². The van der Waals surface area contributed by atoms with E-state index in [2.05, 4.69) is 0 Å². The zero-order valence-electron chi connectivity index (χ0n) is 12.9. The quantitative estimate of drug-likeness (QED) is 0.874. The van der Waals surface area contributed by atoms with Crippen LogP contribution in [0.15, 0.2) is 24.3 Å². The van der Waals surface area contributed by atoms with Crippen molar-refractivity contribution >= 4 is 5.91 Å². The second kappa shape index (κ2) is 7.46. The summed E-state index contributed by atoms with van der Waals surface area (Å²) in [5.74, 6) is 1.27. The normalized spacial score (nSPS) is 19.6. The van der Waals surface area contributed by atoms with Gasteiger partial charge >= 0.3 is 0 Å². The van der Waals surface area contributed by atoms with E-state index < -0.39 is 0 Å². The Bertz CT molecular complexity index is 473. The maximum atomic E-state index is 12.3. The molecule has 2 rings (SSSR count). The highest BCUT2D eigenvalue weighted by Crippen LogP contribution is 2.23. The first-order valence-electron chi connectivity index (χ1n) is 7.78. The molecule has 1 amide bonds. The Kier molecular flexibility index (Phi) is 5.62. The molecule has 0 radical (unpaired) electrons. The Hall–Kier alpha value is -1.55. The number of rotatable bonds is 6. The van der Waals surface area contributed by atoms with Gasteiger partial charge in [0.05, 0.1) is 12.7 Å². The zero-order valence-corrected chi connectivity index (χ0v) is 12.9. The van der Waals surface area contributed by atoms with Crippen molar-refractivity contribution in [2.75, 3.05) is 19.7 Å². The highest BCUT2D eigenvalue weighted by Gasteiger charge is 2.28. The number of likely N-dealkylation sites (tertiary alicyclic amines) is 1. The molecule has 0 bridgehead atoms. The summed E-state index contributed by atoms with van der Waals surface area (Å²) >= 11 is 0. The number of nitrogens with zero attached hydrogens (tertiary/aromatic N) is 1. The maximum Gasteiger partial charge on any atom is 0.222 e. The number of aliphatic hydroxyl groups excluding tert-OH is 1. The highest BCUT2D eigenvalue weighted by molar-refractivity contribution is 5.76. The first kappa shape index (κ1) is 15.8. The van der Waals surface area contributed by atoms with Crippen molar-refractivity contribution in [2.24, 2.45) is 5.92 Å². The van der Waals surface area contributed by atoms with Gasteiger partial charge in [0.2, 0.25) is 5.91 Å². The van der Waals surface area contributed by atoms with E-state index in [1.165, 1.54) is 0 Å². The van der Waals surface area contributed by atoms with Gasteiger partial charge in [-0.15, -0.1) is 0 Å². The Morgan fingerprint density at radius 3 is 2.90 bits per heavy atom. The molecule has 2 unspecified atom stereocenters. The SMILES string of the molecule is CCOc1ccccc1CCC(=O)N1CCC(C(C)O)C1. The number of amides is 1. The van der Waals surface area contributed by atoms with Crippen molar-refractivity contribution in [3.05, 3.63) is 29.8 Å². The van der Waals surface area contributed by atoms with Gasteiger partial charge in [0.1, 0.15) is 5.75 Å². The molecule has 1 N–H and O–H groups in total. The van der Waals surface area contributed by atoms with Crippen LogP contribution in [0, 0.1) is 5.92 Å². The summed E-state index contributed by atoms with van der Waals surface area (Å²) in [5.41, 5.74) is 1.08. The lowest BCUT2D eigenvalue weighted by atomic mass is 10.0. The van der Waals surface area contributed by atoms with Crippen molar-refractivity contribution in [2.45, 2.75) is 39.2 Å². The summed E-state index contributed by atoms with van der Waals surface area (Å²) < 4.78 is 5.59. The molecule has 0 spiro atoms. The van der Waals surface area contributed by atoms with Crippen LogP contribution >= 0.6 is 0 Å². The molecular formula is C17H25NO3. The van der Waals surface area contributed by atoms with E-state index in [0.29, 0.717) is 26.0 Å². The summed E-state index contributed by atoms with van der Waals surface area (Å²) in [4.78, 5) is 14.1. The zero-order chi connectivity index (χ0) is 15.2. The standard InChI is InChI=1S/C17H25NO3/c1-3-21-16-7-5-4-6-14(16)8-9-17(20)18-11-10-15(12-18)13(2)19/h4-7,13,15,19H,3,8-12H2,1-2H3. The van der Waals surface area contributed by atoms with Gasteiger partial charge in [0, 0.05) is 25.4 Å². The van der Waals surface area contributed by atoms with Gasteiger partial charge in [0.25, 0.3) is 0 Å². The van der Waals surface area contributed by atoms with Crippen LogP contribution in [0.3, 0.4) is 0 Å². The molecule has 1 heterocycles. The molecule has 1 saturated heterocycles. The molecule has 1 aromatic carbocycles. The largest absolute Gasteiger partial charge is 0.494 e. The third-order valence-corrected chi connectivity index (χ3v) is 4.14. The van der Waals surface area contributed by atoms with Crippen LogP contribution in [-0.2, 0) is 11.2 Å². The van der Waals surface area contributed by atoms with Crippen LogP contribution in [0.4, 0.5) is 0 Å². The van der Waals surface area contributed by atoms with E-state index in [1.807, 2.05) is 36.1 Å². The fourth-order valence-electron chi connectivity index (χ4n) is 2.81. The highest BCUT2D eigenvalue weighted by atomic mass is 16.5. The van der Waals surface area contributed by atoms with E-state index in [9.17, 15) is 9.90 Å². The number of carbonyl (C=O) groups is 1. The molecule has 0 aromatic heterocycles. The van der Waals surface area contributed by atoms with Crippen LogP contribution in [0.5, 0.6) is 5.75 Å². The molecule has 1 fully saturated rings. The van der Waals surface area contributed by atoms with Crippen LogP contribution in [-0.4, -0.2) is 41.7 Å². The smallest absolute Gasteiger partial charge is 0.222 e. The Labute approximate surface area is 126 Å². The number of aliphatic hydroxyl groups is 1. The van der Waals surface area contributed by atoms with Crippen molar-refractivity contribution in [1.82, 2.24) is 4.90 Å². The lowest BCUT2D eigenvalue weighted by Gasteiger charge is -2.18. The second-order valence-corrected chi connectivity index (χ2v) is 5.67. The average molecular weight is 291 g/mol. The van der Waals surface area contributed by atoms with E-state index in [-0.39, 0.29) is 17.9 Å². The molecular weight excluding hydrogens is 266 g/mol. The number of para-hydroxylation sites is 1.